The molecule has 0 bridgehead atoms. The van der Waals surface area contributed by atoms with Crippen molar-refractivity contribution in [2.45, 2.75) is 48.1 Å². The van der Waals surface area contributed by atoms with Gasteiger partial charge in [-0.25, -0.2) is 14.4 Å². The first kappa shape index (κ1) is 24.3. The van der Waals surface area contributed by atoms with Gasteiger partial charge in [0, 0.05) is 28.4 Å². The van der Waals surface area contributed by atoms with Gasteiger partial charge in [0.1, 0.15) is 23.7 Å². The van der Waals surface area contributed by atoms with Gasteiger partial charge in [-0.05, 0) is 61.7 Å². The maximum Gasteiger partial charge on any atom is 0.397 e. The molecule has 1 saturated carbocycles. The monoisotopic (exact) mass is 521 g/mol. The first-order valence-corrected chi connectivity index (χ1v) is 12.1. The first-order chi connectivity index (χ1) is 17.0. The minimum absolute atomic E-state index is 0.129. The smallest absolute Gasteiger partial charge is 0.350 e. The molecule has 3 N–H and O–H groups in total. The van der Waals surface area contributed by atoms with Crippen molar-refractivity contribution < 1.29 is 22.4 Å². The number of nitrogens with zero attached hydrogens (tertiary/aromatic N) is 4. The van der Waals surface area contributed by atoms with Crippen molar-refractivity contribution in [3.63, 3.8) is 0 Å². The van der Waals surface area contributed by atoms with E-state index in [-0.39, 0.29) is 24.7 Å². The largest absolute Gasteiger partial charge is 0.397 e. The number of aromatic amines is 1. The number of carbonyl (C=O) groups is 1. The maximum atomic E-state index is 14.9. The van der Waals surface area contributed by atoms with Crippen molar-refractivity contribution in [3.8, 4) is 0 Å². The van der Waals surface area contributed by atoms with Crippen LogP contribution in [0.5, 0.6) is 0 Å². The van der Waals surface area contributed by atoms with Gasteiger partial charge in [0.2, 0.25) is 5.91 Å². The lowest BCUT2D eigenvalue weighted by atomic mass is 9.91. The second kappa shape index (κ2) is 9.26. The Labute approximate surface area is 208 Å². The Morgan fingerprint density at radius 3 is 2.50 bits per heavy atom. The molecule has 0 spiro atoms. The number of amides is 1. The van der Waals surface area contributed by atoms with E-state index in [1.165, 1.54) is 23.9 Å². The van der Waals surface area contributed by atoms with Crippen molar-refractivity contribution in [1.82, 2.24) is 20.2 Å². The quantitative estimate of drug-likeness (QED) is 0.276. The third kappa shape index (κ3) is 5.89. The predicted molar refractivity (Wildman–Crippen MR) is 127 cm³/mol. The number of anilines is 4. The molecule has 8 nitrogen and oxygen atoms in total. The summed E-state index contributed by atoms with van der Waals surface area (Å²) < 4.78 is 52.1. The third-order valence-electron chi connectivity index (χ3n) is 5.90. The molecule has 2 aromatic heterocycles. The number of halogens is 4. The fraction of sp³-hybridized carbons (Fsp3) is 0.391. The van der Waals surface area contributed by atoms with Crippen molar-refractivity contribution in [3.05, 3.63) is 42.1 Å². The van der Waals surface area contributed by atoms with Gasteiger partial charge in [0.25, 0.3) is 0 Å². The van der Waals surface area contributed by atoms with Crippen LogP contribution in [0, 0.1) is 12.8 Å². The lowest BCUT2D eigenvalue weighted by Gasteiger charge is -2.45. The highest BCUT2D eigenvalue weighted by Gasteiger charge is 2.54. The molecule has 36 heavy (non-hydrogen) atoms. The summed E-state index contributed by atoms with van der Waals surface area (Å²) in [5, 5.41) is 12.8. The predicted octanol–water partition coefficient (Wildman–Crippen LogP) is 5.23. The van der Waals surface area contributed by atoms with E-state index in [1.807, 2.05) is 17.9 Å². The number of carbonyl (C=O) groups excluding carboxylic acids is 1. The molecule has 1 aliphatic heterocycles. The molecule has 3 aromatic rings. The molecule has 2 fully saturated rings. The second-order valence-corrected chi connectivity index (χ2v) is 10.1. The van der Waals surface area contributed by atoms with Crippen molar-refractivity contribution in [1.29, 1.82) is 0 Å². The van der Waals surface area contributed by atoms with Crippen LogP contribution in [-0.4, -0.2) is 51.0 Å². The Morgan fingerprint density at radius 1 is 1.17 bits per heavy atom. The molecule has 1 amide bonds. The van der Waals surface area contributed by atoms with Gasteiger partial charge in [-0.1, -0.05) is 0 Å². The lowest BCUT2D eigenvalue weighted by molar-refractivity contribution is -0.150. The molecule has 5 rings (SSSR count). The number of nitrogens with one attached hydrogen (secondary N) is 3. The Balaban J connectivity index is 1.31. The maximum absolute atomic E-state index is 14.9. The van der Waals surface area contributed by atoms with Crippen LogP contribution in [0.4, 0.5) is 40.7 Å². The summed E-state index contributed by atoms with van der Waals surface area (Å²) in [5.74, 6) is 0.658. The van der Waals surface area contributed by atoms with E-state index in [1.54, 1.807) is 18.2 Å². The molecule has 3 heterocycles. The minimum atomic E-state index is -4.57. The Morgan fingerprint density at radius 2 is 1.89 bits per heavy atom. The number of H-pyrrole nitrogens is 1. The number of hydrogen-bond acceptors (Lipinski definition) is 7. The van der Waals surface area contributed by atoms with Crippen LogP contribution in [0.3, 0.4) is 0 Å². The average molecular weight is 522 g/mol. The molecule has 1 aliphatic carbocycles. The van der Waals surface area contributed by atoms with E-state index in [0.717, 1.165) is 18.5 Å². The van der Waals surface area contributed by atoms with Crippen LogP contribution in [-0.2, 0) is 4.79 Å². The van der Waals surface area contributed by atoms with Crippen molar-refractivity contribution in [2.75, 3.05) is 28.6 Å². The van der Waals surface area contributed by atoms with Gasteiger partial charge in [-0.2, -0.15) is 18.3 Å². The highest BCUT2D eigenvalue weighted by molar-refractivity contribution is 7.99. The molecule has 0 atom stereocenters. The van der Waals surface area contributed by atoms with Gasteiger partial charge in [0.15, 0.2) is 11.0 Å². The summed E-state index contributed by atoms with van der Waals surface area (Å²) in [6.45, 7) is 2.44. The summed E-state index contributed by atoms with van der Waals surface area (Å²) in [4.78, 5) is 23.3. The van der Waals surface area contributed by atoms with E-state index in [4.69, 9.17) is 0 Å². The standard InChI is InChI=1S/C23H23F4N7OS/c1-13-8-18(33-32-13)29-17-9-19(34-11-22(24,12-34)14-2-3-14)31-21(30-17)36-16-6-4-15(5-7-16)28-20(35)10-23(25,26)27/h4-9,14H,2-3,10-12H2,1H3,(H,28,35)(H2,29,30,31,32,33). The first-order valence-electron chi connectivity index (χ1n) is 11.3. The van der Waals surface area contributed by atoms with Gasteiger partial charge >= 0.3 is 6.18 Å². The Bertz CT molecular complexity index is 1250. The number of benzene rings is 1. The fourth-order valence-corrected chi connectivity index (χ4v) is 4.77. The second-order valence-electron chi connectivity index (χ2n) is 9.09. The number of aromatic nitrogens is 4. The molecular weight excluding hydrogens is 498 g/mol. The molecular formula is C23H23F4N7OS. The molecule has 0 radical (unpaired) electrons. The zero-order valence-electron chi connectivity index (χ0n) is 19.2. The lowest BCUT2D eigenvalue weighted by Crippen LogP contribution is -2.60. The summed E-state index contributed by atoms with van der Waals surface area (Å²) in [6.07, 6.45) is -4.27. The van der Waals surface area contributed by atoms with Crippen LogP contribution in [0.25, 0.3) is 0 Å². The number of rotatable bonds is 8. The zero-order chi connectivity index (χ0) is 25.5. The number of aryl methyl sites for hydroxylation is 1. The summed E-state index contributed by atoms with van der Waals surface area (Å²) in [7, 11) is 0. The molecule has 2 aliphatic rings. The van der Waals surface area contributed by atoms with E-state index in [0.29, 0.717) is 27.5 Å². The number of hydrogen-bond donors (Lipinski definition) is 3. The third-order valence-corrected chi connectivity index (χ3v) is 6.78. The fourth-order valence-electron chi connectivity index (χ4n) is 4.01. The summed E-state index contributed by atoms with van der Waals surface area (Å²) >= 11 is 1.24. The molecule has 13 heteroatoms. The normalized spacial score (nSPS) is 17.0. The van der Waals surface area contributed by atoms with Gasteiger partial charge < -0.3 is 15.5 Å². The SMILES string of the molecule is Cc1cc(Nc2cc(N3CC(F)(C4CC4)C3)nc(Sc3ccc(NC(=O)CC(F)(F)F)cc3)n2)n[nH]1. The highest BCUT2D eigenvalue weighted by Crippen LogP contribution is 2.48. The van der Waals surface area contributed by atoms with E-state index < -0.39 is 24.2 Å². The van der Waals surface area contributed by atoms with E-state index in [9.17, 15) is 22.4 Å². The van der Waals surface area contributed by atoms with Crippen LogP contribution in [0.1, 0.15) is 25.0 Å². The summed E-state index contributed by atoms with van der Waals surface area (Å²) in [5.41, 5.74) is -0.0463. The van der Waals surface area contributed by atoms with Crippen molar-refractivity contribution in [2.24, 2.45) is 5.92 Å². The van der Waals surface area contributed by atoms with Crippen LogP contribution in [0.2, 0.25) is 0 Å². The minimum Gasteiger partial charge on any atom is -0.350 e. The topological polar surface area (TPSA) is 98.8 Å². The van der Waals surface area contributed by atoms with Crippen LogP contribution >= 0.6 is 11.8 Å². The Kier molecular flexibility index (Phi) is 6.27. The number of alkyl halides is 4. The highest BCUT2D eigenvalue weighted by atomic mass is 32.2. The van der Waals surface area contributed by atoms with Crippen LogP contribution in [0.15, 0.2) is 46.5 Å². The zero-order valence-corrected chi connectivity index (χ0v) is 20.0. The van der Waals surface area contributed by atoms with E-state index in [2.05, 4.69) is 30.8 Å². The average Bonchev–Trinajstić information content (AvgIpc) is 3.54. The molecule has 0 unspecified atom stereocenters. The van der Waals surface area contributed by atoms with Crippen LogP contribution < -0.4 is 15.5 Å². The van der Waals surface area contributed by atoms with Gasteiger partial charge in [-0.15, -0.1) is 0 Å². The summed E-state index contributed by atoms with van der Waals surface area (Å²) in [6, 6.07) is 9.89. The van der Waals surface area contributed by atoms with Gasteiger partial charge in [0.05, 0.1) is 13.1 Å². The van der Waals surface area contributed by atoms with Gasteiger partial charge in [-0.3, -0.25) is 9.89 Å². The molecule has 1 saturated heterocycles. The van der Waals surface area contributed by atoms with Crippen molar-refractivity contribution >= 4 is 40.8 Å². The van der Waals surface area contributed by atoms with E-state index >= 15 is 0 Å². The Hall–Kier alpha value is -3.35. The molecule has 190 valence electrons. The molecule has 1 aromatic carbocycles.